The molecule has 0 spiro atoms. The van der Waals surface area contributed by atoms with Crippen molar-refractivity contribution in [2.75, 3.05) is 5.75 Å². The van der Waals surface area contributed by atoms with Crippen LogP contribution in [0.25, 0.3) is 6.08 Å². The van der Waals surface area contributed by atoms with Crippen LogP contribution in [0.5, 0.6) is 5.75 Å². The standard InChI is InChI=1S/C21H23NO4S/c1-2-27(24,25)26-20-13-8-18(9-14-20)16-22(19-11-12-19)21(23)15-10-17-6-4-3-5-7-17/h3-10,13-15,19H,2,11-12,16H2,1H3/b15-10+. The van der Waals surface area contributed by atoms with Gasteiger partial charge < -0.3 is 9.08 Å². The molecule has 1 fully saturated rings. The minimum absolute atomic E-state index is 0.0183. The van der Waals surface area contributed by atoms with Gasteiger partial charge in [-0.05, 0) is 49.1 Å². The Bertz CT molecular complexity index is 901. The summed E-state index contributed by atoms with van der Waals surface area (Å²) in [5, 5.41) is 0. The summed E-state index contributed by atoms with van der Waals surface area (Å²) in [7, 11) is -3.53. The van der Waals surface area contributed by atoms with Gasteiger partial charge in [-0.1, -0.05) is 42.5 Å². The highest BCUT2D eigenvalue weighted by molar-refractivity contribution is 7.87. The number of carbonyl (C=O) groups excluding carboxylic acids is 1. The molecule has 142 valence electrons. The Kier molecular flexibility index (Phi) is 5.96. The van der Waals surface area contributed by atoms with E-state index in [1.807, 2.05) is 41.3 Å². The number of nitrogens with zero attached hydrogens (tertiary/aromatic N) is 1. The minimum Gasteiger partial charge on any atom is -0.382 e. The van der Waals surface area contributed by atoms with Crippen molar-refractivity contribution >= 4 is 22.1 Å². The van der Waals surface area contributed by atoms with Gasteiger partial charge in [-0.25, -0.2) is 0 Å². The molecule has 0 unspecified atom stereocenters. The van der Waals surface area contributed by atoms with Crippen molar-refractivity contribution in [2.45, 2.75) is 32.4 Å². The van der Waals surface area contributed by atoms with E-state index in [1.54, 1.807) is 30.3 Å². The molecular weight excluding hydrogens is 362 g/mol. The average molecular weight is 385 g/mol. The quantitative estimate of drug-likeness (QED) is 0.514. The zero-order valence-corrected chi connectivity index (χ0v) is 16.1. The van der Waals surface area contributed by atoms with E-state index in [0.717, 1.165) is 24.0 Å². The van der Waals surface area contributed by atoms with Crippen LogP contribution in [0.4, 0.5) is 0 Å². The molecule has 1 saturated carbocycles. The molecule has 1 amide bonds. The fourth-order valence-corrected chi connectivity index (χ4v) is 3.18. The first-order valence-corrected chi connectivity index (χ1v) is 10.6. The van der Waals surface area contributed by atoms with Crippen molar-refractivity contribution in [1.82, 2.24) is 4.90 Å². The Morgan fingerprint density at radius 2 is 1.78 bits per heavy atom. The van der Waals surface area contributed by atoms with Crippen LogP contribution < -0.4 is 4.18 Å². The molecule has 0 aliphatic heterocycles. The van der Waals surface area contributed by atoms with E-state index in [0.29, 0.717) is 6.54 Å². The van der Waals surface area contributed by atoms with Crippen LogP contribution in [-0.2, 0) is 21.5 Å². The summed E-state index contributed by atoms with van der Waals surface area (Å²) in [6, 6.07) is 16.8. The topological polar surface area (TPSA) is 63.7 Å². The highest BCUT2D eigenvalue weighted by Gasteiger charge is 2.31. The van der Waals surface area contributed by atoms with E-state index in [1.165, 1.54) is 6.92 Å². The molecule has 0 saturated heterocycles. The molecule has 2 aromatic carbocycles. The SMILES string of the molecule is CCS(=O)(=O)Oc1ccc(CN(C(=O)/C=C/c2ccccc2)C2CC2)cc1. The molecule has 5 nitrogen and oxygen atoms in total. The first kappa shape index (κ1) is 19.2. The number of hydrogen-bond donors (Lipinski definition) is 0. The molecule has 2 aromatic rings. The van der Waals surface area contributed by atoms with E-state index < -0.39 is 10.1 Å². The van der Waals surface area contributed by atoms with E-state index >= 15 is 0 Å². The predicted molar refractivity (Wildman–Crippen MR) is 106 cm³/mol. The summed E-state index contributed by atoms with van der Waals surface area (Å²) in [6.07, 6.45) is 5.46. The number of amides is 1. The smallest absolute Gasteiger partial charge is 0.308 e. The Hall–Kier alpha value is -2.60. The van der Waals surface area contributed by atoms with E-state index in [2.05, 4.69) is 0 Å². The lowest BCUT2D eigenvalue weighted by Gasteiger charge is -2.21. The molecular formula is C21H23NO4S. The van der Waals surface area contributed by atoms with Crippen molar-refractivity contribution in [3.05, 3.63) is 71.8 Å². The van der Waals surface area contributed by atoms with Gasteiger partial charge in [-0.15, -0.1) is 0 Å². The van der Waals surface area contributed by atoms with E-state index in [9.17, 15) is 13.2 Å². The normalized spacial score (nSPS) is 14.3. The molecule has 0 heterocycles. The number of carbonyl (C=O) groups is 1. The minimum atomic E-state index is -3.53. The lowest BCUT2D eigenvalue weighted by atomic mass is 10.2. The van der Waals surface area contributed by atoms with Crippen molar-refractivity contribution in [3.8, 4) is 5.75 Å². The van der Waals surface area contributed by atoms with Crippen LogP contribution in [0.15, 0.2) is 60.7 Å². The van der Waals surface area contributed by atoms with Crippen molar-refractivity contribution in [3.63, 3.8) is 0 Å². The highest BCUT2D eigenvalue weighted by Crippen LogP contribution is 2.29. The Labute approximate surface area is 160 Å². The summed E-state index contributed by atoms with van der Waals surface area (Å²) in [5.41, 5.74) is 1.92. The van der Waals surface area contributed by atoms with Gasteiger partial charge in [0, 0.05) is 18.7 Å². The van der Waals surface area contributed by atoms with Gasteiger partial charge in [0.05, 0.1) is 5.75 Å². The summed E-state index contributed by atoms with van der Waals surface area (Å²) >= 11 is 0. The summed E-state index contributed by atoms with van der Waals surface area (Å²) in [6.45, 7) is 2.02. The third-order valence-electron chi connectivity index (χ3n) is 4.34. The largest absolute Gasteiger partial charge is 0.382 e. The molecule has 0 aromatic heterocycles. The van der Waals surface area contributed by atoms with Gasteiger partial charge >= 0.3 is 10.1 Å². The van der Waals surface area contributed by atoms with Crippen LogP contribution in [0, 0.1) is 0 Å². The Morgan fingerprint density at radius 1 is 1.11 bits per heavy atom. The molecule has 6 heteroatoms. The van der Waals surface area contributed by atoms with Gasteiger partial charge in [-0.2, -0.15) is 8.42 Å². The molecule has 0 N–H and O–H groups in total. The Balaban J connectivity index is 1.66. The zero-order valence-electron chi connectivity index (χ0n) is 15.2. The van der Waals surface area contributed by atoms with Gasteiger partial charge in [0.1, 0.15) is 5.75 Å². The molecule has 0 radical (unpaired) electrons. The molecule has 1 aliphatic carbocycles. The number of benzene rings is 2. The highest BCUT2D eigenvalue weighted by atomic mass is 32.2. The van der Waals surface area contributed by atoms with E-state index in [-0.39, 0.29) is 23.5 Å². The van der Waals surface area contributed by atoms with Gasteiger partial charge in [0.2, 0.25) is 5.91 Å². The van der Waals surface area contributed by atoms with Crippen LogP contribution in [0.2, 0.25) is 0 Å². The third kappa shape index (κ3) is 5.69. The maximum absolute atomic E-state index is 12.6. The molecule has 0 atom stereocenters. The average Bonchev–Trinajstić information content (AvgIpc) is 3.51. The van der Waals surface area contributed by atoms with Crippen LogP contribution >= 0.6 is 0 Å². The van der Waals surface area contributed by atoms with Gasteiger partial charge in [0.25, 0.3) is 0 Å². The van der Waals surface area contributed by atoms with Crippen LogP contribution in [-0.4, -0.2) is 31.0 Å². The second-order valence-corrected chi connectivity index (χ2v) is 8.37. The maximum Gasteiger partial charge on any atom is 0.308 e. The van der Waals surface area contributed by atoms with Gasteiger partial charge in [0.15, 0.2) is 0 Å². The number of hydrogen-bond acceptors (Lipinski definition) is 4. The first-order valence-electron chi connectivity index (χ1n) is 9.01. The summed E-state index contributed by atoms with van der Waals surface area (Å²) in [5.74, 6) is 0.191. The lowest BCUT2D eigenvalue weighted by molar-refractivity contribution is -0.127. The molecule has 1 aliphatic rings. The predicted octanol–water partition coefficient (Wildman–Crippen LogP) is 3.62. The lowest BCUT2D eigenvalue weighted by Crippen LogP contribution is -2.31. The zero-order chi connectivity index (χ0) is 19.3. The van der Waals surface area contributed by atoms with Crippen molar-refractivity contribution in [2.24, 2.45) is 0 Å². The van der Waals surface area contributed by atoms with Crippen molar-refractivity contribution in [1.29, 1.82) is 0 Å². The maximum atomic E-state index is 12.6. The fraction of sp³-hybridized carbons (Fsp3) is 0.286. The molecule has 3 rings (SSSR count). The van der Waals surface area contributed by atoms with Gasteiger partial charge in [-0.3, -0.25) is 4.79 Å². The third-order valence-corrected chi connectivity index (χ3v) is 5.50. The van der Waals surface area contributed by atoms with Crippen LogP contribution in [0.3, 0.4) is 0 Å². The van der Waals surface area contributed by atoms with E-state index in [4.69, 9.17) is 4.18 Å². The van der Waals surface area contributed by atoms with Crippen molar-refractivity contribution < 1.29 is 17.4 Å². The second kappa shape index (κ2) is 8.39. The van der Waals surface area contributed by atoms with Crippen LogP contribution in [0.1, 0.15) is 30.9 Å². The molecule has 27 heavy (non-hydrogen) atoms. The summed E-state index contributed by atoms with van der Waals surface area (Å²) in [4.78, 5) is 14.5. The number of rotatable bonds is 8. The fourth-order valence-electron chi connectivity index (χ4n) is 2.65. The summed E-state index contributed by atoms with van der Waals surface area (Å²) < 4.78 is 28.0. The monoisotopic (exact) mass is 385 g/mol. The second-order valence-electron chi connectivity index (χ2n) is 6.51. The first-order chi connectivity index (χ1) is 13.0. The molecule has 0 bridgehead atoms. The Morgan fingerprint density at radius 3 is 2.37 bits per heavy atom.